The molecule has 7 heteroatoms. The van der Waals surface area contributed by atoms with Crippen LogP contribution in [-0.2, 0) is 16.1 Å². The van der Waals surface area contributed by atoms with Gasteiger partial charge >= 0.3 is 5.97 Å². The predicted octanol–water partition coefficient (Wildman–Crippen LogP) is 2.32. The maximum absolute atomic E-state index is 12.0. The number of anilines is 1. The summed E-state index contributed by atoms with van der Waals surface area (Å²) in [5.74, 6) is -0.835. The highest BCUT2D eigenvalue weighted by Gasteiger charge is 2.11. The number of ether oxygens (including phenoxy) is 1. The fraction of sp³-hybridized carbons (Fsp3) is 0.188. The Kier molecular flexibility index (Phi) is 5.54. The van der Waals surface area contributed by atoms with Gasteiger partial charge < -0.3 is 14.6 Å². The summed E-state index contributed by atoms with van der Waals surface area (Å²) < 4.78 is 6.06. The third-order valence-electron chi connectivity index (χ3n) is 3.14. The van der Waals surface area contributed by atoms with Crippen molar-refractivity contribution < 1.29 is 14.3 Å². The number of carbonyl (C=O) groups excluding carboxylic acids is 2. The Bertz CT molecular complexity index is 786. The first kappa shape index (κ1) is 16.8. The molecule has 6 nitrogen and oxygen atoms in total. The van der Waals surface area contributed by atoms with Crippen LogP contribution in [0.4, 0.5) is 5.69 Å². The number of nitrogens with one attached hydrogen (secondary N) is 1. The molecule has 1 aromatic heterocycles. The second kappa shape index (κ2) is 7.60. The molecule has 1 heterocycles. The number of esters is 1. The largest absolute Gasteiger partial charge is 0.465 e. The van der Waals surface area contributed by atoms with E-state index in [4.69, 9.17) is 11.6 Å². The number of halogens is 1. The van der Waals surface area contributed by atoms with Crippen molar-refractivity contribution in [1.82, 2.24) is 4.57 Å². The lowest BCUT2D eigenvalue weighted by atomic mass is 10.2. The van der Waals surface area contributed by atoms with Crippen LogP contribution in [0.15, 0.2) is 47.4 Å². The Labute approximate surface area is 137 Å². The number of nitrogens with zero attached hydrogens (tertiary/aromatic N) is 1. The number of hydrogen-bond donors (Lipinski definition) is 1. The van der Waals surface area contributed by atoms with E-state index in [0.717, 1.165) is 0 Å². The molecule has 2 aromatic rings. The maximum atomic E-state index is 12.0. The van der Waals surface area contributed by atoms with Crippen molar-refractivity contribution in [3.8, 4) is 0 Å². The lowest BCUT2D eigenvalue weighted by Gasteiger charge is -2.09. The number of amides is 1. The zero-order valence-electron chi connectivity index (χ0n) is 12.4. The van der Waals surface area contributed by atoms with Gasteiger partial charge in [-0.05, 0) is 24.3 Å². The number of rotatable bonds is 5. The molecule has 120 valence electrons. The van der Waals surface area contributed by atoms with Crippen LogP contribution in [0.25, 0.3) is 0 Å². The normalized spacial score (nSPS) is 10.2. The number of aryl methyl sites for hydroxylation is 1. The molecule has 0 saturated heterocycles. The van der Waals surface area contributed by atoms with Crippen LogP contribution in [-0.4, -0.2) is 23.6 Å². The van der Waals surface area contributed by atoms with Crippen molar-refractivity contribution >= 4 is 29.2 Å². The lowest BCUT2D eigenvalue weighted by molar-refractivity contribution is -0.116. The fourth-order valence-corrected chi connectivity index (χ4v) is 2.11. The molecule has 23 heavy (non-hydrogen) atoms. The third-order valence-corrected chi connectivity index (χ3v) is 3.47. The summed E-state index contributed by atoms with van der Waals surface area (Å²) in [6.07, 6.45) is 1.71. The number of benzene rings is 1. The molecule has 0 aliphatic carbocycles. The van der Waals surface area contributed by atoms with Gasteiger partial charge in [-0.1, -0.05) is 17.7 Å². The Morgan fingerprint density at radius 1 is 1.26 bits per heavy atom. The molecular formula is C16H15ClN2O4. The van der Waals surface area contributed by atoms with E-state index < -0.39 is 5.97 Å². The Morgan fingerprint density at radius 3 is 2.74 bits per heavy atom. The minimum Gasteiger partial charge on any atom is -0.465 e. The molecule has 0 spiro atoms. The SMILES string of the molecule is COC(=O)c1ccc(Cl)c(NC(=O)CCn2ccccc2=O)c1. The molecule has 0 atom stereocenters. The highest BCUT2D eigenvalue weighted by molar-refractivity contribution is 6.33. The maximum Gasteiger partial charge on any atom is 0.337 e. The fourth-order valence-electron chi connectivity index (χ4n) is 1.95. The van der Waals surface area contributed by atoms with E-state index in [-0.39, 0.29) is 30.0 Å². The number of pyridine rings is 1. The first-order chi connectivity index (χ1) is 11.0. The molecule has 0 bridgehead atoms. The first-order valence-electron chi connectivity index (χ1n) is 6.84. The monoisotopic (exact) mass is 334 g/mol. The van der Waals surface area contributed by atoms with Gasteiger partial charge in [0, 0.05) is 25.2 Å². The number of aromatic nitrogens is 1. The average Bonchev–Trinajstić information content (AvgIpc) is 2.55. The number of hydrogen-bond acceptors (Lipinski definition) is 4. The van der Waals surface area contributed by atoms with Gasteiger partial charge in [-0.15, -0.1) is 0 Å². The second-order valence-corrected chi connectivity index (χ2v) is 5.12. The summed E-state index contributed by atoms with van der Waals surface area (Å²) in [4.78, 5) is 35.0. The Balaban J connectivity index is 2.04. The standard InChI is InChI=1S/C16H15ClN2O4/c1-23-16(22)11-5-6-12(17)13(10-11)18-14(20)7-9-19-8-3-2-4-15(19)21/h2-6,8,10H,7,9H2,1H3,(H,18,20). The molecule has 0 saturated carbocycles. The average molecular weight is 335 g/mol. The smallest absolute Gasteiger partial charge is 0.337 e. The predicted molar refractivity (Wildman–Crippen MR) is 86.7 cm³/mol. The Morgan fingerprint density at radius 2 is 2.04 bits per heavy atom. The highest BCUT2D eigenvalue weighted by Crippen LogP contribution is 2.23. The van der Waals surface area contributed by atoms with Gasteiger partial charge in [0.1, 0.15) is 0 Å². The zero-order valence-corrected chi connectivity index (χ0v) is 13.2. The summed E-state index contributed by atoms with van der Waals surface area (Å²) in [6.45, 7) is 0.250. The highest BCUT2D eigenvalue weighted by atomic mass is 35.5. The second-order valence-electron chi connectivity index (χ2n) is 4.72. The van der Waals surface area contributed by atoms with Gasteiger partial charge in [0.25, 0.3) is 5.56 Å². The van der Waals surface area contributed by atoms with Gasteiger partial charge in [0.15, 0.2) is 0 Å². The number of methoxy groups -OCH3 is 1. The minimum absolute atomic E-state index is 0.0999. The summed E-state index contributed by atoms with van der Waals surface area (Å²) >= 11 is 6.01. The van der Waals surface area contributed by atoms with E-state index in [0.29, 0.717) is 10.7 Å². The van der Waals surface area contributed by atoms with E-state index in [1.54, 1.807) is 18.3 Å². The van der Waals surface area contributed by atoms with E-state index >= 15 is 0 Å². The van der Waals surface area contributed by atoms with Crippen molar-refractivity contribution in [2.24, 2.45) is 0 Å². The van der Waals surface area contributed by atoms with Gasteiger partial charge in [-0.3, -0.25) is 9.59 Å². The zero-order chi connectivity index (χ0) is 16.8. The van der Waals surface area contributed by atoms with Gasteiger partial charge in [0.2, 0.25) is 5.91 Å². The molecule has 0 fully saturated rings. The number of carbonyl (C=O) groups is 2. The van der Waals surface area contributed by atoms with Crippen LogP contribution in [0.5, 0.6) is 0 Å². The van der Waals surface area contributed by atoms with E-state index in [1.165, 1.54) is 35.9 Å². The van der Waals surface area contributed by atoms with Crippen molar-refractivity contribution in [1.29, 1.82) is 0 Å². The van der Waals surface area contributed by atoms with E-state index in [9.17, 15) is 14.4 Å². The van der Waals surface area contributed by atoms with Crippen molar-refractivity contribution in [3.63, 3.8) is 0 Å². The van der Waals surface area contributed by atoms with Crippen LogP contribution in [0.3, 0.4) is 0 Å². The van der Waals surface area contributed by atoms with Crippen molar-refractivity contribution in [2.75, 3.05) is 12.4 Å². The molecule has 0 radical (unpaired) electrons. The van der Waals surface area contributed by atoms with E-state index in [1.807, 2.05) is 0 Å². The van der Waals surface area contributed by atoms with Gasteiger partial charge in [-0.2, -0.15) is 0 Å². The summed E-state index contributed by atoms with van der Waals surface area (Å²) in [5, 5.41) is 2.93. The molecule has 1 aromatic carbocycles. The van der Waals surface area contributed by atoms with Crippen LogP contribution in [0, 0.1) is 0 Å². The van der Waals surface area contributed by atoms with Crippen LogP contribution in [0.1, 0.15) is 16.8 Å². The molecule has 0 aliphatic rings. The molecule has 0 aliphatic heterocycles. The summed E-state index contributed by atoms with van der Waals surface area (Å²) in [7, 11) is 1.27. The molecule has 2 rings (SSSR count). The molecule has 1 N–H and O–H groups in total. The third kappa shape index (κ3) is 4.43. The first-order valence-corrected chi connectivity index (χ1v) is 7.22. The topological polar surface area (TPSA) is 77.4 Å². The molecular weight excluding hydrogens is 320 g/mol. The quantitative estimate of drug-likeness (QED) is 0.851. The van der Waals surface area contributed by atoms with E-state index in [2.05, 4.69) is 10.1 Å². The molecule has 1 amide bonds. The minimum atomic E-state index is -0.520. The van der Waals surface area contributed by atoms with Gasteiger partial charge in [-0.25, -0.2) is 4.79 Å². The van der Waals surface area contributed by atoms with Crippen LogP contribution >= 0.6 is 11.6 Å². The summed E-state index contributed by atoms with van der Waals surface area (Å²) in [6, 6.07) is 9.24. The lowest BCUT2D eigenvalue weighted by Crippen LogP contribution is -2.22. The van der Waals surface area contributed by atoms with Crippen LogP contribution in [0.2, 0.25) is 5.02 Å². The molecule has 0 unspecified atom stereocenters. The van der Waals surface area contributed by atoms with Gasteiger partial charge in [0.05, 0.1) is 23.4 Å². The Hall–Kier alpha value is -2.60. The van der Waals surface area contributed by atoms with Crippen LogP contribution < -0.4 is 10.9 Å². The summed E-state index contributed by atoms with van der Waals surface area (Å²) in [5.41, 5.74) is 0.428. The van der Waals surface area contributed by atoms with Crippen molar-refractivity contribution in [3.05, 3.63) is 63.5 Å². The van der Waals surface area contributed by atoms with Crippen molar-refractivity contribution in [2.45, 2.75) is 13.0 Å².